The van der Waals surface area contributed by atoms with E-state index in [0.29, 0.717) is 0 Å². The minimum Gasteiger partial charge on any atom is -0.454 e. The van der Waals surface area contributed by atoms with Gasteiger partial charge in [0, 0.05) is 21.5 Å². The van der Waals surface area contributed by atoms with E-state index in [1.165, 1.54) is 21.8 Å². The van der Waals surface area contributed by atoms with Crippen LogP contribution in [0.4, 0.5) is 0 Å². The predicted molar refractivity (Wildman–Crippen MR) is 117 cm³/mol. The van der Waals surface area contributed by atoms with Gasteiger partial charge in [0.1, 0.15) is 11.1 Å². The van der Waals surface area contributed by atoms with E-state index >= 15 is 0 Å². The van der Waals surface area contributed by atoms with Crippen LogP contribution in [-0.2, 0) is 0 Å². The van der Waals surface area contributed by atoms with Crippen LogP contribution in [0, 0.1) is 0 Å². The van der Waals surface area contributed by atoms with Crippen molar-refractivity contribution in [2.24, 2.45) is 0 Å². The Morgan fingerprint density at radius 1 is 0.586 bits per heavy atom. The molecule has 29 heavy (non-hydrogen) atoms. The number of hydrogen-bond acceptors (Lipinski definition) is 2. The number of imidazole rings is 2. The van der Waals surface area contributed by atoms with E-state index in [1.54, 1.807) is 0 Å². The third-order valence-electron chi connectivity index (χ3n) is 6.26. The van der Waals surface area contributed by atoms with Crippen LogP contribution in [0.5, 0.6) is 0 Å². The lowest BCUT2D eigenvalue weighted by Crippen LogP contribution is -1.84. The molecule has 0 N–H and O–H groups in total. The monoisotopic (exact) mass is 371 g/mol. The molecule has 4 aromatic carbocycles. The van der Waals surface area contributed by atoms with Gasteiger partial charge in [-0.2, -0.15) is 0 Å². The lowest BCUT2D eigenvalue weighted by Gasteiger charge is -1.97. The Bertz CT molecular complexity index is 1920. The van der Waals surface area contributed by atoms with Gasteiger partial charge in [-0.15, -0.1) is 0 Å². The summed E-state index contributed by atoms with van der Waals surface area (Å²) in [6.45, 7) is 0. The highest BCUT2D eigenvalue weighted by Gasteiger charge is 2.23. The maximum absolute atomic E-state index is 6.39. The molecule has 0 aliphatic carbocycles. The van der Waals surface area contributed by atoms with Crippen molar-refractivity contribution in [2.45, 2.75) is 0 Å². The first-order valence-corrected chi connectivity index (χ1v) is 9.76. The van der Waals surface area contributed by atoms with Gasteiger partial charge in [0.2, 0.25) is 5.78 Å². The van der Waals surface area contributed by atoms with Gasteiger partial charge in [0.25, 0.3) is 0 Å². The Morgan fingerprint density at radius 3 is 2.34 bits per heavy atom. The summed E-state index contributed by atoms with van der Waals surface area (Å²) in [6.07, 6.45) is 0. The van der Waals surface area contributed by atoms with Crippen molar-refractivity contribution >= 4 is 66.1 Å². The van der Waals surface area contributed by atoms with Crippen molar-refractivity contribution < 1.29 is 4.42 Å². The van der Waals surface area contributed by atoms with Crippen LogP contribution in [0.1, 0.15) is 0 Å². The number of hydrogen-bond donors (Lipinski definition) is 0. The maximum Gasteiger partial charge on any atom is 0.220 e. The molecule has 0 saturated heterocycles. The standard InChI is InChI=1S/C25H13N3O/c1-4-11-21-14(6-1)17-13-12-16-15-7-5-10-20-22(15)28(23(16)24(17)29-21)25-26-18-8-2-3-9-19(18)27(20)25/h1-13H. The van der Waals surface area contributed by atoms with Crippen molar-refractivity contribution in [2.75, 3.05) is 0 Å². The van der Waals surface area contributed by atoms with Gasteiger partial charge in [0.05, 0.1) is 22.1 Å². The third-order valence-corrected chi connectivity index (χ3v) is 6.26. The molecule has 0 saturated carbocycles. The normalized spacial score (nSPS) is 12.8. The zero-order valence-electron chi connectivity index (χ0n) is 15.3. The van der Waals surface area contributed by atoms with E-state index in [9.17, 15) is 0 Å². The van der Waals surface area contributed by atoms with Gasteiger partial charge in [0.15, 0.2) is 5.58 Å². The fourth-order valence-electron chi connectivity index (χ4n) is 5.09. The fourth-order valence-corrected chi connectivity index (χ4v) is 5.09. The summed E-state index contributed by atoms with van der Waals surface area (Å²) in [5, 5.41) is 4.72. The Morgan fingerprint density at radius 2 is 1.34 bits per heavy atom. The second-order valence-electron chi connectivity index (χ2n) is 7.68. The molecule has 4 aromatic heterocycles. The molecule has 0 unspecified atom stereocenters. The summed E-state index contributed by atoms with van der Waals surface area (Å²) < 4.78 is 10.9. The van der Waals surface area contributed by atoms with Crippen LogP contribution in [0.15, 0.2) is 83.3 Å². The molecule has 0 aliphatic rings. The molecule has 4 heteroatoms. The number of furan rings is 1. The van der Waals surface area contributed by atoms with Crippen molar-refractivity contribution in [1.29, 1.82) is 0 Å². The van der Waals surface area contributed by atoms with Gasteiger partial charge < -0.3 is 4.42 Å². The Balaban J connectivity index is 1.77. The topological polar surface area (TPSA) is 34.9 Å². The first-order valence-electron chi connectivity index (χ1n) is 9.76. The molecule has 0 atom stereocenters. The molecule has 0 amide bonds. The van der Waals surface area contributed by atoms with E-state index in [0.717, 1.165) is 44.3 Å². The Hall–Kier alpha value is -4.05. The van der Waals surface area contributed by atoms with Gasteiger partial charge >= 0.3 is 0 Å². The third kappa shape index (κ3) is 1.46. The zero-order chi connectivity index (χ0) is 18.7. The molecular weight excluding hydrogens is 358 g/mol. The molecule has 134 valence electrons. The molecule has 8 aromatic rings. The number of para-hydroxylation sites is 4. The molecule has 0 fully saturated rings. The lowest BCUT2D eigenvalue weighted by molar-refractivity contribution is 0.671. The summed E-state index contributed by atoms with van der Waals surface area (Å²) in [5.41, 5.74) is 7.43. The van der Waals surface area contributed by atoms with Crippen LogP contribution in [0.2, 0.25) is 0 Å². The van der Waals surface area contributed by atoms with Gasteiger partial charge in [-0.1, -0.05) is 48.5 Å². The average Bonchev–Trinajstić information content (AvgIpc) is 3.48. The smallest absolute Gasteiger partial charge is 0.220 e. The average molecular weight is 371 g/mol. The van der Waals surface area contributed by atoms with Crippen molar-refractivity contribution in [1.82, 2.24) is 13.8 Å². The molecule has 0 spiro atoms. The molecule has 0 radical (unpaired) electrons. The van der Waals surface area contributed by atoms with Gasteiger partial charge in [-0.05, 0) is 30.3 Å². The van der Waals surface area contributed by atoms with E-state index in [2.05, 4.69) is 69.5 Å². The number of nitrogens with zero attached hydrogens (tertiary/aromatic N) is 3. The van der Waals surface area contributed by atoms with Crippen molar-refractivity contribution in [3.8, 4) is 0 Å². The highest BCUT2D eigenvalue weighted by atomic mass is 16.3. The molecule has 4 nitrogen and oxygen atoms in total. The fraction of sp³-hybridized carbons (Fsp3) is 0. The second kappa shape index (κ2) is 4.50. The number of fused-ring (bicyclic) bond motifs is 12. The van der Waals surface area contributed by atoms with Crippen LogP contribution < -0.4 is 0 Å². The molecule has 4 heterocycles. The zero-order valence-corrected chi connectivity index (χ0v) is 15.3. The predicted octanol–water partition coefficient (Wildman–Crippen LogP) is 6.38. The summed E-state index contributed by atoms with van der Waals surface area (Å²) in [5.74, 6) is 0.931. The minimum absolute atomic E-state index is 0.916. The molecule has 0 bridgehead atoms. The van der Waals surface area contributed by atoms with Crippen LogP contribution in [0.25, 0.3) is 66.1 Å². The van der Waals surface area contributed by atoms with Crippen molar-refractivity contribution in [3.05, 3.63) is 78.9 Å². The Labute approximate surface area is 163 Å². The van der Waals surface area contributed by atoms with Gasteiger partial charge in [-0.3, -0.25) is 8.80 Å². The first kappa shape index (κ1) is 14.0. The number of aromatic nitrogens is 3. The van der Waals surface area contributed by atoms with Crippen LogP contribution >= 0.6 is 0 Å². The number of rotatable bonds is 0. The first-order chi connectivity index (χ1) is 14.4. The summed E-state index contributed by atoms with van der Waals surface area (Å²) in [7, 11) is 0. The lowest BCUT2D eigenvalue weighted by atomic mass is 10.1. The minimum atomic E-state index is 0.916. The highest BCUT2D eigenvalue weighted by Crippen LogP contribution is 2.41. The maximum atomic E-state index is 6.39. The summed E-state index contributed by atoms with van der Waals surface area (Å²) in [6, 6.07) is 27.5. The molecule has 8 rings (SSSR count). The van der Waals surface area contributed by atoms with E-state index < -0.39 is 0 Å². The summed E-state index contributed by atoms with van der Waals surface area (Å²) in [4.78, 5) is 5.00. The largest absolute Gasteiger partial charge is 0.454 e. The van der Waals surface area contributed by atoms with Gasteiger partial charge in [-0.25, -0.2) is 4.98 Å². The van der Waals surface area contributed by atoms with Crippen molar-refractivity contribution in [3.63, 3.8) is 0 Å². The van der Waals surface area contributed by atoms with Crippen LogP contribution in [0.3, 0.4) is 0 Å². The highest BCUT2D eigenvalue weighted by molar-refractivity contribution is 6.24. The number of benzene rings is 4. The van der Waals surface area contributed by atoms with E-state index in [1.807, 2.05) is 18.2 Å². The SMILES string of the molecule is c1ccc2c(c1)nc1n2c2cccc3c4ccc5c6ccccc6oc5c4n1c32. The Kier molecular flexibility index (Phi) is 2.18. The van der Waals surface area contributed by atoms with E-state index in [-0.39, 0.29) is 0 Å². The second-order valence-corrected chi connectivity index (χ2v) is 7.68. The molecular formula is C25H13N3O. The van der Waals surface area contributed by atoms with Crippen LogP contribution in [-0.4, -0.2) is 13.8 Å². The quantitative estimate of drug-likeness (QED) is 0.310. The van der Waals surface area contributed by atoms with E-state index in [4.69, 9.17) is 9.40 Å². The summed E-state index contributed by atoms with van der Waals surface area (Å²) >= 11 is 0. The molecule has 0 aliphatic heterocycles.